The molecule has 0 radical (unpaired) electrons. The molecule has 0 spiro atoms. The molecular formula is C26H24N2. The van der Waals surface area contributed by atoms with Gasteiger partial charge in [-0.1, -0.05) is 84.9 Å². The molecule has 0 fully saturated rings. The number of hydrogen-bond acceptors (Lipinski definition) is 2. The quantitative estimate of drug-likeness (QED) is 0.552. The maximum absolute atomic E-state index is 7.81. The second-order valence-corrected chi connectivity index (χ2v) is 7.08. The van der Waals surface area contributed by atoms with Crippen LogP contribution in [0.4, 0.5) is 5.69 Å². The van der Waals surface area contributed by atoms with E-state index >= 15 is 0 Å². The maximum Gasteiger partial charge on any atom is 0.0867 e. The van der Waals surface area contributed by atoms with Crippen LogP contribution in [0.5, 0.6) is 0 Å². The van der Waals surface area contributed by atoms with Gasteiger partial charge in [0.2, 0.25) is 0 Å². The number of benzene rings is 3. The third-order valence-electron chi connectivity index (χ3n) is 5.07. The predicted molar refractivity (Wildman–Crippen MR) is 118 cm³/mol. The van der Waals surface area contributed by atoms with Gasteiger partial charge in [0.05, 0.1) is 6.04 Å². The highest BCUT2D eigenvalue weighted by Gasteiger charge is 2.18. The van der Waals surface area contributed by atoms with Crippen LogP contribution in [0.25, 0.3) is 0 Å². The molecule has 1 unspecified atom stereocenters. The Hall–Kier alpha value is -3.39. The minimum Gasteiger partial charge on any atom is -0.336 e. The average molecular weight is 364 g/mol. The first kappa shape index (κ1) is 18.0. The highest BCUT2D eigenvalue weighted by molar-refractivity contribution is 5.75. The first-order valence-electron chi connectivity index (χ1n) is 9.67. The van der Waals surface area contributed by atoms with Crippen molar-refractivity contribution >= 4 is 11.9 Å². The van der Waals surface area contributed by atoms with Crippen molar-refractivity contribution in [1.29, 1.82) is 5.41 Å². The van der Waals surface area contributed by atoms with E-state index in [1.165, 1.54) is 28.5 Å². The molecule has 1 aliphatic rings. The number of nitrogens with one attached hydrogen (secondary N) is 1. The highest BCUT2D eigenvalue weighted by Crippen LogP contribution is 2.29. The van der Waals surface area contributed by atoms with Crippen LogP contribution in [0.3, 0.4) is 0 Å². The second-order valence-electron chi connectivity index (χ2n) is 7.08. The van der Waals surface area contributed by atoms with Crippen molar-refractivity contribution in [2.24, 2.45) is 0 Å². The fourth-order valence-electron chi connectivity index (χ4n) is 3.68. The third-order valence-corrected chi connectivity index (χ3v) is 5.07. The van der Waals surface area contributed by atoms with Crippen molar-refractivity contribution in [2.75, 3.05) is 4.90 Å². The Kier molecular flexibility index (Phi) is 5.48. The summed E-state index contributed by atoms with van der Waals surface area (Å²) in [5.74, 6) is 0. The van der Waals surface area contributed by atoms with Gasteiger partial charge in [-0.05, 0) is 47.2 Å². The monoisotopic (exact) mass is 364 g/mol. The van der Waals surface area contributed by atoms with Crippen molar-refractivity contribution in [1.82, 2.24) is 0 Å². The molecule has 4 rings (SSSR count). The number of anilines is 1. The molecule has 3 aromatic carbocycles. The van der Waals surface area contributed by atoms with E-state index in [1.807, 2.05) is 12.2 Å². The molecule has 2 heteroatoms. The highest BCUT2D eigenvalue weighted by atomic mass is 15.1. The summed E-state index contributed by atoms with van der Waals surface area (Å²) in [6, 6.07) is 27.9. The molecule has 3 aromatic rings. The molecule has 1 N–H and O–H groups in total. The van der Waals surface area contributed by atoms with E-state index in [0.29, 0.717) is 0 Å². The van der Waals surface area contributed by atoms with Crippen molar-refractivity contribution < 1.29 is 0 Å². The van der Waals surface area contributed by atoms with Crippen LogP contribution in [-0.4, -0.2) is 12.3 Å². The number of nitrogens with zero attached hydrogens (tertiary/aromatic N) is 1. The molecule has 1 aliphatic heterocycles. The lowest BCUT2D eigenvalue weighted by atomic mass is 9.96. The third kappa shape index (κ3) is 4.12. The summed E-state index contributed by atoms with van der Waals surface area (Å²) in [4.78, 5) is 2.18. The van der Waals surface area contributed by atoms with Crippen LogP contribution < -0.4 is 4.90 Å². The van der Waals surface area contributed by atoms with E-state index in [-0.39, 0.29) is 6.04 Å². The first-order valence-corrected chi connectivity index (χ1v) is 9.67. The zero-order valence-corrected chi connectivity index (χ0v) is 15.8. The summed E-state index contributed by atoms with van der Waals surface area (Å²) in [5.41, 5.74) is 6.37. The molecule has 0 aromatic heterocycles. The van der Waals surface area contributed by atoms with Gasteiger partial charge in [0, 0.05) is 18.1 Å². The van der Waals surface area contributed by atoms with E-state index < -0.39 is 0 Å². The van der Waals surface area contributed by atoms with Crippen LogP contribution in [0.1, 0.15) is 22.3 Å². The lowest BCUT2D eigenvalue weighted by molar-refractivity contribution is 0.955. The summed E-state index contributed by atoms with van der Waals surface area (Å²) >= 11 is 0. The SMILES string of the molecule is N=CC1C=CC=CN1c1ccc(Cc2ccccc2)cc1Cc1ccccc1. The van der Waals surface area contributed by atoms with Gasteiger partial charge in [0.1, 0.15) is 0 Å². The van der Waals surface area contributed by atoms with E-state index in [2.05, 4.69) is 96.0 Å². The van der Waals surface area contributed by atoms with Gasteiger partial charge in [-0.3, -0.25) is 0 Å². The van der Waals surface area contributed by atoms with E-state index in [9.17, 15) is 0 Å². The van der Waals surface area contributed by atoms with Gasteiger partial charge in [0.15, 0.2) is 0 Å². The van der Waals surface area contributed by atoms with Gasteiger partial charge in [0.25, 0.3) is 0 Å². The van der Waals surface area contributed by atoms with Crippen molar-refractivity contribution in [3.05, 3.63) is 126 Å². The van der Waals surface area contributed by atoms with Crippen molar-refractivity contribution in [2.45, 2.75) is 18.9 Å². The summed E-state index contributed by atoms with van der Waals surface area (Å²) in [6.07, 6.45) is 11.4. The fourth-order valence-corrected chi connectivity index (χ4v) is 3.68. The van der Waals surface area contributed by atoms with Gasteiger partial charge < -0.3 is 10.3 Å². The van der Waals surface area contributed by atoms with Crippen LogP contribution in [0.15, 0.2) is 103 Å². The molecule has 28 heavy (non-hydrogen) atoms. The van der Waals surface area contributed by atoms with E-state index in [1.54, 1.807) is 0 Å². The Balaban J connectivity index is 1.71. The summed E-state index contributed by atoms with van der Waals surface area (Å²) in [6.45, 7) is 0. The van der Waals surface area contributed by atoms with Gasteiger partial charge in [-0.25, -0.2) is 0 Å². The average Bonchev–Trinajstić information content (AvgIpc) is 2.75. The Morgan fingerprint density at radius 2 is 1.43 bits per heavy atom. The topological polar surface area (TPSA) is 27.1 Å². The molecule has 2 nitrogen and oxygen atoms in total. The maximum atomic E-state index is 7.81. The van der Waals surface area contributed by atoms with Gasteiger partial charge >= 0.3 is 0 Å². The zero-order valence-electron chi connectivity index (χ0n) is 15.8. The lowest BCUT2D eigenvalue weighted by Crippen LogP contribution is -2.32. The standard InChI is InChI=1S/C26H24N2/c27-20-25-13-7-8-16-28(25)26-15-14-23(17-21-9-3-1-4-10-21)19-24(26)18-22-11-5-2-6-12-22/h1-16,19-20,25,27H,17-18H2. The smallest absolute Gasteiger partial charge is 0.0867 e. The second kappa shape index (κ2) is 8.53. The molecule has 1 heterocycles. The van der Waals surface area contributed by atoms with Crippen LogP contribution in [-0.2, 0) is 12.8 Å². The molecule has 0 aliphatic carbocycles. The molecule has 138 valence electrons. The lowest BCUT2D eigenvalue weighted by Gasteiger charge is -2.30. The Bertz CT molecular complexity index is 987. The van der Waals surface area contributed by atoms with Crippen molar-refractivity contribution in [3.63, 3.8) is 0 Å². The largest absolute Gasteiger partial charge is 0.336 e. The number of hydrogen-bond donors (Lipinski definition) is 1. The van der Waals surface area contributed by atoms with E-state index in [0.717, 1.165) is 18.5 Å². The van der Waals surface area contributed by atoms with Crippen LogP contribution >= 0.6 is 0 Å². The minimum absolute atomic E-state index is 0.0421. The Labute approximate surface area is 167 Å². The predicted octanol–water partition coefficient (Wildman–Crippen LogP) is 5.78. The normalized spacial score (nSPS) is 15.6. The molecular weight excluding hydrogens is 340 g/mol. The van der Waals surface area contributed by atoms with Gasteiger partial charge in [-0.2, -0.15) is 0 Å². The Morgan fingerprint density at radius 1 is 0.750 bits per heavy atom. The number of allylic oxidation sites excluding steroid dienone is 2. The van der Waals surface area contributed by atoms with Gasteiger partial charge in [-0.15, -0.1) is 0 Å². The zero-order chi connectivity index (χ0) is 19.2. The molecule has 0 amide bonds. The first-order chi connectivity index (χ1) is 13.8. The van der Waals surface area contributed by atoms with E-state index in [4.69, 9.17) is 5.41 Å². The molecule has 0 saturated carbocycles. The van der Waals surface area contributed by atoms with Crippen LogP contribution in [0, 0.1) is 5.41 Å². The summed E-state index contributed by atoms with van der Waals surface area (Å²) < 4.78 is 0. The Morgan fingerprint density at radius 3 is 2.11 bits per heavy atom. The minimum atomic E-state index is -0.0421. The number of rotatable bonds is 6. The summed E-state index contributed by atoms with van der Waals surface area (Å²) in [5, 5.41) is 7.81. The van der Waals surface area contributed by atoms with Crippen molar-refractivity contribution in [3.8, 4) is 0 Å². The molecule has 1 atom stereocenters. The molecule has 0 saturated heterocycles. The van der Waals surface area contributed by atoms with Crippen LogP contribution in [0.2, 0.25) is 0 Å². The summed E-state index contributed by atoms with van der Waals surface area (Å²) in [7, 11) is 0. The fraction of sp³-hybridized carbons (Fsp3) is 0.115. The molecule has 0 bridgehead atoms.